The molecule has 5 nitrogen and oxygen atoms in total. The molecule has 0 saturated heterocycles. The zero-order valence-electron chi connectivity index (χ0n) is 8.94. The molecule has 0 fully saturated rings. The molecule has 0 radical (unpaired) electrons. The van der Waals surface area contributed by atoms with Crippen molar-refractivity contribution < 1.29 is 27.2 Å². The fourth-order valence-electron chi connectivity index (χ4n) is 1.27. The lowest BCUT2D eigenvalue weighted by molar-refractivity contribution is -0.137. The summed E-state index contributed by atoms with van der Waals surface area (Å²) in [4.78, 5) is 14.0. The number of aromatic nitrogens is 2. The minimum Gasteiger partial charge on any atom is -0.376 e. The number of benzene rings is 1. The van der Waals surface area contributed by atoms with Crippen molar-refractivity contribution >= 4 is 17.0 Å². The number of rotatable bonds is 2. The van der Waals surface area contributed by atoms with Crippen LogP contribution in [0.3, 0.4) is 0 Å². The number of carbonyl (C=O) groups is 1. The zero-order chi connectivity index (χ0) is 14.0. The number of hydrogen-bond donors (Lipinski definition) is 0. The van der Waals surface area contributed by atoms with Gasteiger partial charge in [0, 0.05) is 17.2 Å². The van der Waals surface area contributed by atoms with Gasteiger partial charge in [-0.15, -0.1) is 0 Å². The van der Waals surface area contributed by atoms with E-state index in [1.165, 1.54) is 12.1 Å². The van der Waals surface area contributed by atoms with Crippen LogP contribution in [0.2, 0.25) is 0 Å². The third-order valence-corrected chi connectivity index (χ3v) is 2.09. The normalized spacial score (nSPS) is 11.4. The van der Waals surface area contributed by atoms with E-state index < -0.39 is 23.2 Å². The van der Waals surface area contributed by atoms with Crippen molar-refractivity contribution in [2.75, 3.05) is 0 Å². The lowest BCUT2D eigenvalue weighted by Gasteiger charge is -2.06. The first-order valence-corrected chi connectivity index (χ1v) is 5.13. The minimum absolute atomic E-state index is 0.0409. The van der Waals surface area contributed by atoms with Crippen LogP contribution in [0, 0.1) is 0 Å². The molecule has 0 aliphatic carbocycles. The highest BCUT2D eigenvalue weighted by molar-refractivity contribution is 6.61. The first-order valence-electron chi connectivity index (χ1n) is 4.75. The molecule has 2 aromatic rings. The number of ether oxygens (including phenoxy) is 1. The Balaban J connectivity index is 2.32. The summed E-state index contributed by atoms with van der Waals surface area (Å²) in [6, 6.07) is 3.79. The second kappa shape index (κ2) is 4.88. The maximum atomic E-state index is 12.5. The number of nitrogens with zero attached hydrogens (tertiary/aromatic N) is 2. The quantitative estimate of drug-likeness (QED) is 0.793. The van der Waals surface area contributed by atoms with E-state index in [1.54, 1.807) is 0 Å². The van der Waals surface area contributed by atoms with Crippen molar-refractivity contribution in [3.05, 3.63) is 29.8 Å². The van der Waals surface area contributed by atoms with E-state index in [1.807, 2.05) is 0 Å². The van der Waals surface area contributed by atoms with Crippen LogP contribution >= 0.6 is 11.6 Å². The summed E-state index contributed by atoms with van der Waals surface area (Å²) < 4.78 is 46.5. The molecule has 0 aliphatic heterocycles. The van der Waals surface area contributed by atoms with Crippen LogP contribution in [0.4, 0.5) is 18.0 Å². The SMILES string of the molecule is O=C(Cl)Oc1noc(-c2cccc(C(F)(F)F)c2)n1. The molecule has 0 atom stereocenters. The smallest absolute Gasteiger partial charge is 0.376 e. The van der Waals surface area contributed by atoms with Crippen LogP contribution in [-0.4, -0.2) is 15.6 Å². The van der Waals surface area contributed by atoms with Crippen LogP contribution in [0.25, 0.3) is 11.5 Å². The van der Waals surface area contributed by atoms with Crippen LogP contribution in [-0.2, 0) is 6.18 Å². The molecule has 9 heteroatoms. The standard InChI is InChI=1S/C10H4ClF3N2O3/c11-8(17)18-9-15-7(19-16-9)5-2-1-3-6(4-5)10(12,13)14/h1-4H. The molecule has 1 aromatic heterocycles. The van der Waals surface area contributed by atoms with Gasteiger partial charge in [0.2, 0.25) is 0 Å². The fourth-order valence-corrected chi connectivity index (χ4v) is 1.34. The minimum atomic E-state index is -4.48. The first kappa shape index (κ1) is 13.3. The van der Waals surface area contributed by atoms with E-state index in [9.17, 15) is 18.0 Å². The highest BCUT2D eigenvalue weighted by atomic mass is 35.5. The Labute approximate surface area is 108 Å². The average Bonchev–Trinajstić information content (AvgIpc) is 2.76. The van der Waals surface area contributed by atoms with E-state index in [0.717, 1.165) is 12.1 Å². The molecule has 0 N–H and O–H groups in total. The Morgan fingerprint density at radius 2 is 2.11 bits per heavy atom. The summed E-state index contributed by atoms with van der Waals surface area (Å²) in [6.07, 6.45) is -4.48. The molecular formula is C10H4ClF3N2O3. The van der Waals surface area contributed by atoms with Gasteiger partial charge >= 0.3 is 17.6 Å². The lowest BCUT2D eigenvalue weighted by Crippen LogP contribution is -2.04. The Morgan fingerprint density at radius 1 is 1.37 bits per heavy atom. The van der Waals surface area contributed by atoms with E-state index in [-0.39, 0.29) is 11.5 Å². The van der Waals surface area contributed by atoms with Crippen LogP contribution in [0.1, 0.15) is 5.56 Å². The molecular weight excluding hydrogens is 289 g/mol. The van der Waals surface area contributed by atoms with Crippen molar-refractivity contribution in [1.82, 2.24) is 10.1 Å². The van der Waals surface area contributed by atoms with Crippen molar-refractivity contribution in [1.29, 1.82) is 0 Å². The molecule has 0 spiro atoms. The summed E-state index contributed by atoms with van der Waals surface area (Å²) in [5, 5.41) is 3.23. The second-order valence-corrected chi connectivity index (χ2v) is 3.61. The molecule has 2 rings (SSSR count). The van der Waals surface area contributed by atoms with Gasteiger partial charge in [-0.05, 0) is 23.4 Å². The maximum absolute atomic E-state index is 12.5. The molecule has 0 unspecified atom stereocenters. The number of hydrogen-bond acceptors (Lipinski definition) is 5. The van der Waals surface area contributed by atoms with Crippen LogP contribution < -0.4 is 4.74 Å². The van der Waals surface area contributed by atoms with Crippen molar-refractivity contribution in [3.63, 3.8) is 0 Å². The maximum Gasteiger partial charge on any atom is 0.416 e. The van der Waals surface area contributed by atoms with Gasteiger partial charge in [0.15, 0.2) is 0 Å². The summed E-state index contributed by atoms with van der Waals surface area (Å²) in [5.41, 5.74) is -2.00. The molecule has 100 valence electrons. The Hall–Kier alpha value is -2.09. The van der Waals surface area contributed by atoms with Crippen molar-refractivity contribution in [2.24, 2.45) is 0 Å². The lowest BCUT2D eigenvalue weighted by atomic mass is 10.1. The highest BCUT2D eigenvalue weighted by Gasteiger charge is 2.30. The number of halogens is 4. The molecule has 1 aromatic carbocycles. The Kier molecular flexibility index (Phi) is 3.43. The molecule has 0 bridgehead atoms. The molecule has 0 aliphatic rings. The van der Waals surface area contributed by atoms with Crippen molar-refractivity contribution in [3.8, 4) is 17.5 Å². The van der Waals surface area contributed by atoms with Gasteiger partial charge in [-0.25, -0.2) is 4.79 Å². The highest BCUT2D eigenvalue weighted by Crippen LogP contribution is 2.32. The monoisotopic (exact) mass is 292 g/mol. The van der Waals surface area contributed by atoms with Gasteiger partial charge < -0.3 is 9.26 Å². The molecule has 1 heterocycles. The Bertz CT molecular complexity index is 612. The largest absolute Gasteiger partial charge is 0.416 e. The van der Waals surface area contributed by atoms with Crippen LogP contribution in [0.5, 0.6) is 6.01 Å². The third kappa shape index (κ3) is 3.22. The Morgan fingerprint density at radius 3 is 2.74 bits per heavy atom. The summed E-state index contributed by atoms with van der Waals surface area (Å²) in [7, 11) is 0. The number of carbonyl (C=O) groups excluding carboxylic acids is 1. The predicted molar refractivity (Wildman–Crippen MR) is 56.6 cm³/mol. The van der Waals surface area contributed by atoms with E-state index in [0.29, 0.717) is 0 Å². The van der Waals surface area contributed by atoms with Gasteiger partial charge in [-0.1, -0.05) is 6.07 Å². The van der Waals surface area contributed by atoms with Crippen molar-refractivity contribution in [2.45, 2.75) is 6.18 Å². The van der Waals surface area contributed by atoms with Gasteiger partial charge in [-0.3, -0.25) is 0 Å². The molecule has 0 amide bonds. The van der Waals surface area contributed by atoms with Gasteiger partial charge in [0.05, 0.1) is 5.56 Å². The molecule has 19 heavy (non-hydrogen) atoms. The van der Waals surface area contributed by atoms with E-state index in [2.05, 4.69) is 19.4 Å². The number of alkyl halides is 3. The topological polar surface area (TPSA) is 65.2 Å². The summed E-state index contributed by atoms with van der Waals surface area (Å²) >= 11 is 4.92. The second-order valence-electron chi connectivity index (χ2n) is 3.30. The van der Waals surface area contributed by atoms with E-state index in [4.69, 9.17) is 11.6 Å². The summed E-state index contributed by atoms with van der Waals surface area (Å²) in [6.45, 7) is 0. The van der Waals surface area contributed by atoms with Gasteiger partial charge in [0.25, 0.3) is 5.89 Å². The van der Waals surface area contributed by atoms with E-state index >= 15 is 0 Å². The average molecular weight is 293 g/mol. The zero-order valence-corrected chi connectivity index (χ0v) is 9.70. The van der Waals surface area contributed by atoms with Crippen LogP contribution in [0.15, 0.2) is 28.8 Å². The fraction of sp³-hybridized carbons (Fsp3) is 0.100. The van der Waals surface area contributed by atoms with Gasteiger partial charge in [-0.2, -0.15) is 18.2 Å². The van der Waals surface area contributed by atoms with Gasteiger partial charge in [0.1, 0.15) is 0 Å². The first-order chi connectivity index (χ1) is 8.86. The third-order valence-electron chi connectivity index (χ3n) is 2.02. The predicted octanol–water partition coefficient (Wildman–Crippen LogP) is 3.49. The summed E-state index contributed by atoms with van der Waals surface area (Å²) in [5.74, 6) is -0.223. The molecule has 0 saturated carbocycles.